The minimum Gasteiger partial charge on any atom is -0.490 e. The third-order valence-corrected chi connectivity index (χ3v) is 3.22. The molecule has 2 rings (SSSR count). The van der Waals surface area contributed by atoms with Crippen molar-refractivity contribution >= 4 is 5.91 Å². The highest BCUT2D eigenvalue weighted by Gasteiger charge is 2.32. The van der Waals surface area contributed by atoms with Crippen LogP contribution in [0.2, 0.25) is 0 Å². The summed E-state index contributed by atoms with van der Waals surface area (Å²) in [5, 5.41) is 0. The summed E-state index contributed by atoms with van der Waals surface area (Å²) < 4.78 is 11.4. The third-order valence-electron chi connectivity index (χ3n) is 3.22. The number of hydrogen-bond donors (Lipinski definition) is 1. The summed E-state index contributed by atoms with van der Waals surface area (Å²) >= 11 is 0. The molecule has 1 heterocycles. The molecule has 1 unspecified atom stereocenters. The van der Waals surface area contributed by atoms with E-state index in [9.17, 15) is 4.79 Å². The zero-order valence-electron chi connectivity index (χ0n) is 11.4. The van der Waals surface area contributed by atoms with Crippen LogP contribution in [-0.4, -0.2) is 37.1 Å². The summed E-state index contributed by atoms with van der Waals surface area (Å²) in [6.07, 6.45) is 0.261. The van der Waals surface area contributed by atoms with Gasteiger partial charge in [-0.2, -0.15) is 0 Å². The van der Waals surface area contributed by atoms with Crippen molar-refractivity contribution in [2.75, 3.05) is 20.2 Å². The largest absolute Gasteiger partial charge is 0.490 e. The van der Waals surface area contributed by atoms with E-state index in [4.69, 9.17) is 15.2 Å². The standard InChI is InChI=1S/C14H20N2O3/c1-3-18-11-6-4-5-10(9-15)13(11)19-12-7-8-16(2)14(12)17/h4-6,12H,3,7-9,15H2,1-2H3. The van der Waals surface area contributed by atoms with Crippen LogP contribution in [-0.2, 0) is 11.3 Å². The SMILES string of the molecule is CCOc1cccc(CN)c1OC1CCN(C)C1=O. The average Bonchev–Trinajstić information content (AvgIpc) is 2.73. The predicted molar refractivity (Wildman–Crippen MR) is 72.2 cm³/mol. The van der Waals surface area contributed by atoms with E-state index >= 15 is 0 Å². The van der Waals surface area contributed by atoms with E-state index in [-0.39, 0.29) is 5.91 Å². The van der Waals surface area contributed by atoms with Gasteiger partial charge in [-0.3, -0.25) is 4.79 Å². The van der Waals surface area contributed by atoms with Crippen LogP contribution in [0.25, 0.3) is 0 Å². The second-order valence-corrected chi connectivity index (χ2v) is 4.54. The molecule has 0 bridgehead atoms. The van der Waals surface area contributed by atoms with Crippen molar-refractivity contribution in [3.8, 4) is 11.5 Å². The molecule has 1 amide bonds. The molecule has 1 fully saturated rings. The highest BCUT2D eigenvalue weighted by Crippen LogP contribution is 2.33. The zero-order chi connectivity index (χ0) is 13.8. The summed E-state index contributed by atoms with van der Waals surface area (Å²) in [6, 6.07) is 5.60. The molecule has 0 saturated carbocycles. The van der Waals surface area contributed by atoms with Crippen molar-refractivity contribution in [2.24, 2.45) is 5.73 Å². The molecular formula is C14H20N2O3. The quantitative estimate of drug-likeness (QED) is 0.866. The predicted octanol–water partition coefficient (Wildman–Crippen LogP) is 1.15. The smallest absolute Gasteiger partial charge is 0.263 e. The van der Waals surface area contributed by atoms with Gasteiger partial charge < -0.3 is 20.1 Å². The van der Waals surface area contributed by atoms with E-state index in [1.54, 1.807) is 11.9 Å². The third kappa shape index (κ3) is 2.81. The van der Waals surface area contributed by atoms with Crippen LogP contribution in [0.4, 0.5) is 0 Å². The molecule has 0 aliphatic carbocycles. The number of likely N-dealkylation sites (N-methyl/N-ethyl adjacent to an activating group) is 1. The van der Waals surface area contributed by atoms with E-state index < -0.39 is 6.10 Å². The minimum atomic E-state index is -0.433. The Balaban J connectivity index is 2.25. The molecule has 0 aromatic heterocycles. The number of ether oxygens (including phenoxy) is 2. The Morgan fingerprint density at radius 3 is 2.84 bits per heavy atom. The molecule has 1 saturated heterocycles. The van der Waals surface area contributed by atoms with Crippen molar-refractivity contribution in [3.05, 3.63) is 23.8 Å². The van der Waals surface area contributed by atoms with Gasteiger partial charge in [0.1, 0.15) is 0 Å². The fraction of sp³-hybridized carbons (Fsp3) is 0.500. The van der Waals surface area contributed by atoms with Crippen molar-refractivity contribution in [2.45, 2.75) is 26.0 Å². The number of nitrogens with zero attached hydrogens (tertiary/aromatic N) is 1. The van der Waals surface area contributed by atoms with Crippen molar-refractivity contribution in [1.29, 1.82) is 0 Å². The lowest BCUT2D eigenvalue weighted by atomic mass is 10.2. The summed E-state index contributed by atoms with van der Waals surface area (Å²) in [7, 11) is 1.78. The monoisotopic (exact) mass is 264 g/mol. The van der Waals surface area contributed by atoms with Gasteiger partial charge in [0.05, 0.1) is 6.61 Å². The first-order valence-corrected chi connectivity index (χ1v) is 6.53. The van der Waals surface area contributed by atoms with Gasteiger partial charge >= 0.3 is 0 Å². The summed E-state index contributed by atoms with van der Waals surface area (Å²) in [5.41, 5.74) is 6.58. The first-order valence-electron chi connectivity index (χ1n) is 6.53. The maximum absolute atomic E-state index is 11.9. The first-order chi connectivity index (χ1) is 9.17. The second-order valence-electron chi connectivity index (χ2n) is 4.54. The van der Waals surface area contributed by atoms with Crippen LogP contribution in [0.5, 0.6) is 11.5 Å². The van der Waals surface area contributed by atoms with Crippen LogP contribution in [0, 0.1) is 0 Å². The first kappa shape index (κ1) is 13.7. The fourth-order valence-electron chi connectivity index (χ4n) is 2.17. The molecule has 1 atom stereocenters. The van der Waals surface area contributed by atoms with Gasteiger partial charge in [-0.05, 0) is 13.0 Å². The van der Waals surface area contributed by atoms with Crippen LogP contribution < -0.4 is 15.2 Å². The Morgan fingerprint density at radius 1 is 1.47 bits per heavy atom. The van der Waals surface area contributed by atoms with Gasteiger partial charge in [0, 0.05) is 32.1 Å². The Kier molecular flexibility index (Phi) is 4.27. The minimum absolute atomic E-state index is 0.00859. The van der Waals surface area contributed by atoms with Crippen LogP contribution in [0.1, 0.15) is 18.9 Å². The number of amides is 1. The van der Waals surface area contributed by atoms with Crippen LogP contribution in [0.15, 0.2) is 18.2 Å². The van der Waals surface area contributed by atoms with Crippen molar-refractivity contribution in [3.63, 3.8) is 0 Å². The molecule has 104 valence electrons. The summed E-state index contributed by atoms with van der Waals surface area (Å²) in [6.45, 7) is 3.53. The Hall–Kier alpha value is -1.75. The molecule has 19 heavy (non-hydrogen) atoms. The number of nitrogens with two attached hydrogens (primary N) is 1. The number of para-hydroxylation sites is 1. The molecule has 5 nitrogen and oxygen atoms in total. The zero-order valence-corrected chi connectivity index (χ0v) is 11.4. The maximum atomic E-state index is 11.9. The van der Waals surface area contributed by atoms with E-state index in [1.165, 1.54) is 0 Å². The van der Waals surface area contributed by atoms with Gasteiger partial charge in [0.25, 0.3) is 5.91 Å². The Labute approximate surface area is 113 Å². The highest BCUT2D eigenvalue weighted by atomic mass is 16.5. The van der Waals surface area contributed by atoms with Crippen molar-refractivity contribution < 1.29 is 14.3 Å². The molecular weight excluding hydrogens is 244 g/mol. The summed E-state index contributed by atoms with van der Waals surface area (Å²) in [4.78, 5) is 13.6. The normalized spacial score (nSPS) is 18.8. The molecule has 1 aromatic rings. The maximum Gasteiger partial charge on any atom is 0.263 e. The number of benzene rings is 1. The van der Waals surface area contributed by atoms with E-state index in [0.29, 0.717) is 31.1 Å². The van der Waals surface area contributed by atoms with Gasteiger partial charge in [0.2, 0.25) is 0 Å². The highest BCUT2D eigenvalue weighted by molar-refractivity contribution is 5.83. The lowest BCUT2D eigenvalue weighted by molar-refractivity contribution is -0.132. The Bertz CT molecular complexity index is 462. The molecule has 2 N–H and O–H groups in total. The van der Waals surface area contributed by atoms with E-state index in [0.717, 1.165) is 12.1 Å². The number of likely N-dealkylation sites (tertiary alicyclic amines) is 1. The van der Waals surface area contributed by atoms with E-state index in [1.807, 2.05) is 25.1 Å². The number of rotatable bonds is 5. The molecule has 0 radical (unpaired) electrons. The molecule has 5 heteroatoms. The topological polar surface area (TPSA) is 64.8 Å². The van der Waals surface area contributed by atoms with Gasteiger partial charge in [-0.1, -0.05) is 12.1 Å². The van der Waals surface area contributed by atoms with Gasteiger partial charge in [-0.15, -0.1) is 0 Å². The molecule has 1 aliphatic heterocycles. The summed E-state index contributed by atoms with van der Waals surface area (Å²) in [5.74, 6) is 1.25. The number of carbonyl (C=O) groups is 1. The van der Waals surface area contributed by atoms with Crippen LogP contribution in [0.3, 0.4) is 0 Å². The lowest BCUT2D eigenvalue weighted by Crippen LogP contribution is -2.29. The van der Waals surface area contributed by atoms with Crippen molar-refractivity contribution in [1.82, 2.24) is 4.90 Å². The number of carbonyl (C=O) groups excluding carboxylic acids is 1. The van der Waals surface area contributed by atoms with E-state index in [2.05, 4.69) is 0 Å². The lowest BCUT2D eigenvalue weighted by Gasteiger charge is -2.18. The second kappa shape index (κ2) is 5.93. The molecule has 0 spiro atoms. The fourth-order valence-corrected chi connectivity index (χ4v) is 2.17. The van der Waals surface area contributed by atoms with Gasteiger partial charge in [0.15, 0.2) is 17.6 Å². The Morgan fingerprint density at radius 2 is 2.26 bits per heavy atom. The molecule has 1 aromatic carbocycles. The number of hydrogen-bond acceptors (Lipinski definition) is 4. The van der Waals surface area contributed by atoms with Crippen LogP contribution >= 0.6 is 0 Å². The average molecular weight is 264 g/mol. The van der Waals surface area contributed by atoms with Gasteiger partial charge in [-0.25, -0.2) is 0 Å². The molecule has 1 aliphatic rings.